The van der Waals surface area contributed by atoms with E-state index in [1.165, 1.54) is 4.90 Å². The van der Waals surface area contributed by atoms with Gasteiger partial charge in [-0.1, -0.05) is 0 Å². The summed E-state index contributed by atoms with van der Waals surface area (Å²) in [4.78, 5) is 15.2. The van der Waals surface area contributed by atoms with Crippen molar-refractivity contribution in [3.05, 3.63) is 0 Å². The summed E-state index contributed by atoms with van der Waals surface area (Å²) in [5.41, 5.74) is -0.0187. The van der Waals surface area contributed by atoms with Crippen molar-refractivity contribution in [3.63, 3.8) is 0 Å². The molecule has 5 nitrogen and oxygen atoms in total. The number of aliphatic hydroxyl groups excluding tert-OH is 1. The van der Waals surface area contributed by atoms with Crippen LogP contribution in [0.3, 0.4) is 0 Å². The van der Waals surface area contributed by atoms with Crippen LogP contribution < -0.4 is 0 Å². The SMILES string of the molecule is CN(C)C(=O)OCC1CCC2(CO)CCCN12. The fourth-order valence-electron chi connectivity index (χ4n) is 3.11. The van der Waals surface area contributed by atoms with E-state index in [0.717, 1.165) is 32.2 Å². The van der Waals surface area contributed by atoms with Gasteiger partial charge in [-0.05, 0) is 32.2 Å². The van der Waals surface area contributed by atoms with E-state index < -0.39 is 0 Å². The first-order valence-electron chi connectivity index (χ1n) is 6.31. The van der Waals surface area contributed by atoms with Gasteiger partial charge < -0.3 is 14.7 Å². The molecule has 0 spiro atoms. The molecule has 5 heteroatoms. The van der Waals surface area contributed by atoms with Crippen LogP contribution in [-0.2, 0) is 4.74 Å². The fraction of sp³-hybridized carbons (Fsp3) is 0.917. The molecule has 2 saturated heterocycles. The third-order valence-corrected chi connectivity index (χ3v) is 4.09. The summed E-state index contributed by atoms with van der Waals surface area (Å²) in [7, 11) is 3.37. The molecule has 0 aromatic heterocycles. The molecule has 0 aromatic rings. The number of carbonyl (C=O) groups is 1. The maximum atomic E-state index is 11.4. The Morgan fingerprint density at radius 3 is 2.94 bits per heavy atom. The Hall–Kier alpha value is -0.810. The number of aliphatic hydroxyl groups is 1. The third-order valence-electron chi connectivity index (χ3n) is 4.09. The van der Waals surface area contributed by atoms with Gasteiger partial charge >= 0.3 is 6.09 Å². The van der Waals surface area contributed by atoms with Crippen LogP contribution in [0.5, 0.6) is 0 Å². The highest BCUT2D eigenvalue weighted by molar-refractivity contribution is 5.66. The number of hydrogen-bond acceptors (Lipinski definition) is 4. The van der Waals surface area contributed by atoms with Crippen molar-refractivity contribution in [3.8, 4) is 0 Å². The van der Waals surface area contributed by atoms with E-state index in [-0.39, 0.29) is 24.3 Å². The summed E-state index contributed by atoms with van der Waals surface area (Å²) < 4.78 is 5.25. The van der Waals surface area contributed by atoms with Crippen LogP contribution in [0.4, 0.5) is 4.79 Å². The lowest BCUT2D eigenvalue weighted by molar-refractivity contribution is 0.0447. The van der Waals surface area contributed by atoms with Crippen molar-refractivity contribution in [1.29, 1.82) is 0 Å². The van der Waals surface area contributed by atoms with E-state index >= 15 is 0 Å². The molecular weight excluding hydrogens is 220 g/mol. The number of hydrogen-bond donors (Lipinski definition) is 1. The minimum atomic E-state index is -0.286. The molecule has 2 heterocycles. The van der Waals surface area contributed by atoms with Gasteiger partial charge in [0.1, 0.15) is 6.61 Å². The van der Waals surface area contributed by atoms with Gasteiger partial charge in [-0.15, -0.1) is 0 Å². The minimum absolute atomic E-state index is 0.0187. The van der Waals surface area contributed by atoms with Crippen LogP contribution in [-0.4, -0.2) is 66.4 Å². The Kier molecular flexibility index (Phi) is 3.58. The highest BCUT2D eigenvalue weighted by atomic mass is 16.6. The Morgan fingerprint density at radius 1 is 1.53 bits per heavy atom. The van der Waals surface area contributed by atoms with Crippen molar-refractivity contribution in [1.82, 2.24) is 9.80 Å². The lowest BCUT2D eigenvalue weighted by Crippen LogP contribution is -2.46. The molecule has 98 valence electrons. The first-order chi connectivity index (χ1) is 8.09. The zero-order valence-corrected chi connectivity index (χ0v) is 10.7. The molecule has 2 aliphatic rings. The van der Waals surface area contributed by atoms with Crippen molar-refractivity contribution in [2.45, 2.75) is 37.3 Å². The summed E-state index contributed by atoms with van der Waals surface area (Å²) in [6.45, 7) is 1.69. The lowest BCUT2D eigenvalue weighted by Gasteiger charge is -2.33. The number of ether oxygens (including phenoxy) is 1. The molecule has 1 N–H and O–H groups in total. The van der Waals surface area contributed by atoms with Crippen LogP contribution >= 0.6 is 0 Å². The van der Waals surface area contributed by atoms with Gasteiger partial charge in [0.2, 0.25) is 0 Å². The van der Waals surface area contributed by atoms with E-state index in [1.54, 1.807) is 14.1 Å². The monoisotopic (exact) mass is 242 g/mol. The summed E-state index contributed by atoms with van der Waals surface area (Å²) in [5, 5.41) is 9.55. The number of amides is 1. The average Bonchev–Trinajstić information content (AvgIpc) is 2.84. The van der Waals surface area contributed by atoms with Crippen LogP contribution in [0.25, 0.3) is 0 Å². The van der Waals surface area contributed by atoms with Crippen LogP contribution in [0, 0.1) is 0 Å². The summed E-state index contributed by atoms with van der Waals surface area (Å²) in [6, 6.07) is 0.286. The second-order valence-electron chi connectivity index (χ2n) is 5.34. The second-order valence-corrected chi connectivity index (χ2v) is 5.34. The largest absolute Gasteiger partial charge is 0.448 e. The summed E-state index contributed by atoms with van der Waals surface area (Å²) in [6.07, 6.45) is 3.96. The van der Waals surface area contributed by atoms with Crippen molar-refractivity contribution < 1.29 is 14.6 Å². The van der Waals surface area contributed by atoms with Gasteiger partial charge in [-0.3, -0.25) is 4.90 Å². The van der Waals surface area contributed by atoms with Gasteiger partial charge in [0.15, 0.2) is 0 Å². The molecular formula is C12H22N2O3. The summed E-state index contributed by atoms with van der Waals surface area (Å²) >= 11 is 0. The van der Waals surface area contributed by atoms with Crippen molar-refractivity contribution in [2.24, 2.45) is 0 Å². The molecule has 2 aliphatic heterocycles. The molecule has 2 atom stereocenters. The van der Waals surface area contributed by atoms with Crippen LogP contribution in [0.15, 0.2) is 0 Å². The van der Waals surface area contributed by atoms with Gasteiger partial charge in [0.05, 0.1) is 6.61 Å². The normalized spacial score (nSPS) is 32.5. The van der Waals surface area contributed by atoms with Gasteiger partial charge in [0.25, 0.3) is 0 Å². The standard InChI is InChI=1S/C12H22N2O3/c1-13(2)11(16)17-8-10-4-6-12(9-15)5-3-7-14(10)12/h10,15H,3-9H2,1-2H3. The zero-order chi connectivity index (χ0) is 12.5. The quantitative estimate of drug-likeness (QED) is 0.790. The maximum Gasteiger partial charge on any atom is 0.409 e. The molecule has 2 rings (SSSR count). The number of nitrogens with zero attached hydrogens (tertiary/aromatic N) is 2. The van der Waals surface area contributed by atoms with E-state index in [0.29, 0.717) is 6.61 Å². The lowest BCUT2D eigenvalue weighted by atomic mass is 9.95. The molecule has 0 radical (unpaired) electrons. The van der Waals surface area contributed by atoms with Gasteiger partial charge in [-0.25, -0.2) is 4.79 Å². The predicted molar refractivity (Wildman–Crippen MR) is 63.8 cm³/mol. The first-order valence-corrected chi connectivity index (χ1v) is 6.31. The second kappa shape index (κ2) is 4.82. The molecule has 0 bridgehead atoms. The Balaban J connectivity index is 1.89. The smallest absolute Gasteiger partial charge is 0.409 e. The number of fused-ring (bicyclic) bond motifs is 1. The van der Waals surface area contributed by atoms with Crippen molar-refractivity contribution in [2.75, 3.05) is 33.9 Å². The summed E-state index contributed by atoms with van der Waals surface area (Å²) in [5.74, 6) is 0. The molecule has 0 aromatic carbocycles. The van der Waals surface area contributed by atoms with E-state index in [1.807, 2.05) is 0 Å². The van der Waals surface area contributed by atoms with Crippen LogP contribution in [0.2, 0.25) is 0 Å². The Labute approximate surface area is 102 Å². The van der Waals surface area contributed by atoms with E-state index in [4.69, 9.17) is 4.74 Å². The number of rotatable bonds is 3. The Bertz CT molecular complexity index is 295. The topological polar surface area (TPSA) is 53.0 Å². The van der Waals surface area contributed by atoms with E-state index in [2.05, 4.69) is 4.90 Å². The minimum Gasteiger partial charge on any atom is -0.448 e. The molecule has 0 saturated carbocycles. The molecule has 2 unspecified atom stereocenters. The molecule has 0 aliphatic carbocycles. The Morgan fingerprint density at radius 2 is 2.29 bits per heavy atom. The first kappa shape index (κ1) is 12.6. The highest BCUT2D eigenvalue weighted by Gasteiger charge is 2.48. The maximum absolute atomic E-state index is 11.4. The van der Waals surface area contributed by atoms with E-state index in [9.17, 15) is 9.90 Å². The molecule has 2 fully saturated rings. The predicted octanol–water partition coefficient (Wildman–Crippen LogP) is 0.674. The zero-order valence-electron chi connectivity index (χ0n) is 10.7. The fourth-order valence-corrected chi connectivity index (χ4v) is 3.11. The van der Waals surface area contributed by atoms with Gasteiger partial charge in [0, 0.05) is 25.7 Å². The van der Waals surface area contributed by atoms with Crippen LogP contribution in [0.1, 0.15) is 25.7 Å². The van der Waals surface area contributed by atoms with Crippen molar-refractivity contribution >= 4 is 6.09 Å². The number of carbonyl (C=O) groups excluding carboxylic acids is 1. The molecule has 1 amide bonds. The highest BCUT2D eigenvalue weighted by Crippen LogP contribution is 2.41. The third kappa shape index (κ3) is 2.26. The molecule has 17 heavy (non-hydrogen) atoms. The van der Waals surface area contributed by atoms with Gasteiger partial charge in [-0.2, -0.15) is 0 Å². The average molecular weight is 242 g/mol.